The molecule has 0 spiro atoms. The number of benzene rings is 1. The van der Waals surface area contributed by atoms with Crippen molar-refractivity contribution >= 4 is 11.6 Å². The lowest BCUT2D eigenvalue weighted by Gasteiger charge is -2.17. The van der Waals surface area contributed by atoms with E-state index >= 15 is 0 Å². The molecule has 1 aliphatic rings. The van der Waals surface area contributed by atoms with Gasteiger partial charge in [-0.1, -0.05) is 18.5 Å². The van der Waals surface area contributed by atoms with Gasteiger partial charge >= 0.3 is 0 Å². The first kappa shape index (κ1) is 14.4. The summed E-state index contributed by atoms with van der Waals surface area (Å²) in [6, 6.07) is 5.89. The van der Waals surface area contributed by atoms with Crippen molar-refractivity contribution in [3.05, 3.63) is 57.9 Å². The molecule has 1 aromatic carbocycles. The number of halogens is 1. The van der Waals surface area contributed by atoms with E-state index in [1.54, 1.807) is 6.20 Å². The number of nitrogens with two attached hydrogens (primary N) is 1. The van der Waals surface area contributed by atoms with Gasteiger partial charge in [0.2, 0.25) is 0 Å². The third-order valence-corrected chi connectivity index (χ3v) is 4.21. The molecule has 110 valence electrons. The second-order valence-corrected chi connectivity index (χ2v) is 5.83. The zero-order chi connectivity index (χ0) is 14.8. The molecule has 0 fully saturated rings. The number of fused-ring (bicyclic) bond motifs is 1. The van der Waals surface area contributed by atoms with Crippen molar-refractivity contribution in [2.45, 2.75) is 32.2 Å². The number of pyridine rings is 1. The molecule has 2 N–H and O–H groups in total. The van der Waals surface area contributed by atoms with Gasteiger partial charge in [-0.05, 0) is 53.3 Å². The fourth-order valence-electron chi connectivity index (χ4n) is 2.94. The van der Waals surface area contributed by atoms with E-state index in [-0.39, 0.29) is 6.04 Å². The highest BCUT2D eigenvalue weighted by Crippen LogP contribution is 2.35. The van der Waals surface area contributed by atoms with Crippen LogP contribution in [0.4, 0.5) is 0 Å². The first-order valence-corrected chi connectivity index (χ1v) is 7.69. The summed E-state index contributed by atoms with van der Waals surface area (Å²) in [6.07, 6.45) is 6.27. The van der Waals surface area contributed by atoms with Crippen LogP contribution in [0.1, 0.15) is 35.2 Å². The molecule has 4 heteroatoms. The summed E-state index contributed by atoms with van der Waals surface area (Å²) in [5.74, 6) is 0.974. The minimum Gasteiger partial charge on any atom is -0.493 e. The van der Waals surface area contributed by atoms with E-state index in [1.807, 2.05) is 24.4 Å². The number of hydrogen-bond acceptors (Lipinski definition) is 3. The van der Waals surface area contributed by atoms with Crippen molar-refractivity contribution in [3.8, 4) is 5.75 Å². The maximum atomic E-state index is 6.42. The van der Waals surface area contributed by atoms with Crippen molar-refractivity contribution in [3.63, 3.8) is 0 Å². The van der Waals surface area contributed by atoms with E-state index in [0.29, 0.717) is 0 Å². The van der Waals surface area contributed by atoms with Crippen LogP contribution in [-0.4, -0.2) is 11.6 Å². The summed E-state index contributed by atoms with van der Waals surface area (Å²) >= 11 is 6.21. The number of aromatic nitrogens is 1. The highest BCUT2D eigenvalue weighted by molar-refractivity contribution is 6.30. The molecule has 2 aromatic rings. The molecule has 0 bridgehead atoms. The average Bonchev–Trinajstić information content (AvgIpc) is 2.95. The van der Waals surface area contributed by atoms with E-state index in [9.17, 15) is 0 Å². The summed E-state index contributed by atoms with van der Waals surface area (Å²) in [5, 5.41) is 0.756. The van der Waals surface area contributed by atoms with Gasteiger partial charge in [0.15, 0.2) is 0 Å². The third-order valence-electron chi connectivity index (χ3n) is 3.99. The average molecular weight is 303 g/mol. The molecule has 1 aromatic heterocycles. The maximum Gasteiger partial charge on any atom is 0.125 e. The summed E-state index contributed by atoms with van der Waals surface area (Å²) in [6.45, 7) is 2.85. The van der Waals surface area contributed by atoms with Crippen molar-refractivity contribution in [2.75, 3.05) is 6.61 Å². The highest BCUT2D eigenvalue weighted by Gasteiger charge is 2.20. The van der Waals surface area contributed by atoms with Crippen LogP contribution in [0.5, 0.6) is 5.75 Å². The maximum absolute atomic E-state index is 6.42. The zero-order valence-electron chi connectivity index (χ0n) is 12.1. The largest absolute Gasteiger partial charge is 0.493 e. The standard InChI is InChI=1S/C17H19ClN2O/c1-2-11-10-20-5-3-15(11)16(19)9-13-8-14(18)7-12-4-6-21-17(12)13/h3,5,7-8,10,16H,2,4,6,9,19H2,1H3. The van der Waals surface area contributed by atoms with Gasteiger partial charge in [0, 0.05) is 29.9 Å². The second kappa shape index (κ2) is 6.04. The highest BCUT2D eigenvalue weighted by atomic mass is 35.5. The number of hydrogen-bond donors (Lipinski definition) is 1. The van der Waals surface area contributed by atoms with Crippen molar-refractivity contribution in [2.24, 2.45) is 5.73 Å². The SMILES string of the molecule is CCc1cnccc1C(N)Cc1cc(Cl)cc2c1OCC2. The predicted octanol–water partition coefficient (Wildman–Crippen LogP) is 3.47. The molecule has 1 unspecified atom stereocenters. The molecule has 0 radical (unpaired) electrons. The van der Waals surface area contributed by atoms with Gasteiger partial charge < -0.3 is 10.5 Å². The van der Waals surface area contributed by atoms with Gasteiger partial charge in [-0.2, -0.15) is 0 Å². The van der Waals surface area contributed by atoms with E-state index in [2.05, 4.69) is 11.9 Å². The smallest absolute Gasteiger partial charge is 0.125 e. The molecular weight excluding hydrogens is 284 g/mol. The third kappa shape index (κ3) is 2.89. The van der Waals surface area contributed by atoms with E-state index < -0.39 is 0 Å². The molecule has 0 saturated heterocycles. The molecule has 3 nitrogen and oxygen atoms in total. The van der Waals surface area contributed by atoms with Crippen LogP contribution in [0.15, 0.2) is 30.6 Å². The molecular formula is C17H19ClN2O. The van der Waals surface area contributed by atoms with E-state index in [4.69, 9.17) is 22.1 Å². The lowest BCUT2D eigenvalue weighted by molar-refractivity contribution is 0.352. The normalized spacial score (nSPS) is 14.6. The fraction of sp³-hybridized carbons (Fsp3) is 0.353. The van der Waals surface area contributed by atoms with Crippen molar-refractivity contribution in [1.29, 1.82) is 0 Å². The van der Waals surface area contributed by atoms with Crippen LogP contribution in [0, 0.1) is 0 Å². The Morgan fingerprint density at radius 1 is 1.38 bits per heavy atom. The van der Waals surface area contributed by atoms with Gasteiger partial charge in [-0.25, -0.2) is 0 Å². The Bertz CT molecular complexity index is 657. The Hall–Kier alpha value is -1.58. The Balaban J connectivity index is 1.90. The molecule has 0 saturated carbocycles. The first-order chi connectivity index (χ1) is 10.2. The Morgan fingerprint density at radius 3 is 3.05 bits per heavy atom. The Morgan fingerprint density at radius 2 is 2.24 bits per heavy atom. The van der Waals surface area contributed by atoms with Gasteiger partial charge in [-0.3, -0.25) is 4.98 Å². The summed E-state index contributed by atoms with van der Waals surface area (Å²) in [7, 11) is 0. The summed E-state index contributed by atoms with van der Waals surface area (Å²) in [4.78, 5) is 4.18. The molecule has 1 aliphatic heterocycles. The summed E-state index contributed by atoms with van der Waals surface area (Å²) in [5.41, 5.74) is 11.1. The topological polar surface area (TPSA) is 48.1 Å². The number of rotatable bonds is 4. The molecule has 2 heterocycles. The van der Waals surface area contributed by atoms with Gasteiger partial charge in [0.25, 0.3) is 0 Å². The minimum absolute atomic E-state index is 0.0743. The molecule has 3 rings (SSSR count). The molecule has 0 aliphatic carbocycles. The van der Waals surface area contributed by atoms with Crippen molar-refractivity contribution < 1.29 is 4.74 Å². The van der Waals surface area contributed by atoms with Crippen LogP contribution in [0.3, 0.4) is 0 Å². The van der Waals surface area contributed by atoms with Gasteiger partial charge in [0.1, 0.15) is 5.75 Å². The first-order valence-electron chi connectivity index (χ1n) is 7.31. The lowest BCUT2D eigenvalue weighted by Crippen LogP contribution is -2.16. The molecule has 1 atom stereocenters. The number of nitrogens with zero attached hydrogens (tertiary/aromatic N) is 1. The Kier molecular flexibility index (Phi) is 4.13. The van der Waals surface area contributed by atoms with Gasteiger partial charge in [-0.15, -0.1) is 0 Å². The van der Waals surface area contributed by atoms with Crippen LogP contribution < -0.4 is 10.5 Å². The predicted molar refractivity (Wildman–Crippen MR) is 84.9 cm³/mol. The zero-order valence-corrected chi connectivity index (χ0v) is 12.9. The minimum atomic E-state index is -0.0743. The summed E-state index contributed by atoms with van der Waals surface area (Å²) < 4.78 is 5.75. The monoisotopic (exact) mass is 302 g/mol. The second-order valence-electron chi connectivity index (χ2n) is 5.39. The lowest BCUT2D eigenvalue weighted by atomic mass is 9.94. The quantitative estimate of drug-likeness (QED) is 0.940. The van der Waals surface area contributed by atoms with Crippen LogP contribution in [0.25, 0.3) is 0 Å². The van der Waals surface area contributed by atoms with Crippen LogP contribution >= 0.6 is 11.6 Å². The molecule has 0 amide bonds. The van der Waals surface area contributed by atoms with Crippen LogP contribution in [0.2, 0.25) is 5.02 Å². The van der Waals surface area contributed by atoms with Crippen LogP contribution in [-0.2, 0) is 19.3 Å². The Labute approximate surface area is 130 Å². The van der Waals surface area contributed by atoms with E-state index in [1.165, 1.54) is 11.1 Å². The van der Waals surface area contributed by atoms with E-state index in [0.717, 1.165) is 47.8 Å². The number of ether oxygens (including phenoxy) is 1. The molecule has 21 heavy (non-hydrogen) atoms. The fourth-order valence-corrected chi connectivity index (χ4v) is 3.20. The van der Waals surface area contributed by atoms with Gasteiger partial charge in [0.05, 0.1) is 6.61 Å². The van der Waals surface area contributed by atoms with Crippen molar-refractivity contribution in [1.82, 2.24) is 4.98 Å². The number of aryl methyl sites for hydroxylation is 1.